The Kier molecular flexibility index (Phi) is 6.79. The molecule has 0 aliphatic carbocycles. The zero-order valence-electron chi connectivity index (χ0n) is 19.5. The minimum atomic E-state index is -0.446. The minimum Gasteiger partial charge on any atom is -0.335 e. The van der Waals surface area contributed by atoms with E-state index in [0.29, 0.717) is 40.8 Å². The molecule has 9 heteroatoms. The van der Waals surface area contributed by atoms with Crippen molar-refractivity contribution in [2.75, 3.05) is 26.2 Å². The Morgan fingerprint density at radius 3 is 2.25 bits per heavy atom. The fourth-order valence-electron chi connectivity index (χ4n) is 4.35. The number of para-hydroxylation sites is 1. The molecule has 0 unspecified atom stereocenters. The fourth-order valence-corrected chi connectivity index (χ4v) is 4.56. The molecule has 0 N–H and O–H groups in total. The number of nitro groups is 1. The summed E-state index contributed by atoms with van der Waals surface area (Å²) in [6.45, 7) is 3.61. The lowest BCUT2D eigenvalue weighted by Crippen LogP contribution is -2.48. The van der Waals surface area contributed by atoms with Crippen molar-refractivity contribution in [2.45, 2.75) is 6.54 Å². The van der Waals surface area contributed by atoms with Crippen LogP contribution in [0.5, 0.6) is 0 Å². The van der Waals surface area contributed by atoms with Crippen molar-refractivity contribution in [3.63, 3.8) is 0 Å². The van der Waals surface area contributed by atoms with Gasteiger partial charge in [-0.15, -0.1) is 0 Å². The highest BCUT2D eigenvalue weighted by Gasteiger charge is 2.27. The monoisotopic (exact) mass is 501 g/mol. The van der Waals surface area contributed by atoms with E-state index in [1.165, 1.54) is 17.7 Å². The van der Waals surface area contributed by atoms with Gasteiger partial charge in [0.05, 0.1) is 21.3 Å². The molecule has 182 valence electrons. The van der Waals surface area contributed by atoms with Gasteiger partial charge in [-0.25, -0.2) is 4.68 Å². The van der Waals surface area contributed by atoms with E-state index in [4.69, 9.17) is 11.6 Å². The molecule has 1 aliphatic rings. The van der Waals surface area contributed by atoms with Crippen LogP contribution in [0.1, 0.15) is 16.1 Å². The molecule has 2 heterocycles. The van der Waals surface area contributed by atoms with Crippen molar-refractivity contribution in [3.05, 3.63) is 111 Å². The summed E-state index contributed by atoms with van der Waals surface area (Å²) in [6.07, 6.45) is 0. The predicted octanol–water partition coefficient (Wildman–Crippen LogP) is 5.06. The quantitative estimate of drug-likeness (QED) is 0.272. The Balaban J connectivity index is 1.41. The maximum Gasteiger partial charge on any atom is 0.272 e. The van der Waals surface area contributed by atoms with Gasteiger partial charge in [0.1, 0.15) is 5.69 Å². The molecule has 1 amide bonds. The number of amides is 1. The summed E-state index contributed by atoms with van der Waals surface area (Å²) in [4.78, 5) is 28.4. The number of aromatic nitrogens is 2. The van der Waals surface area contributed by atoms with Gasteiger partial charge in [-0.1, -0.05) is 54.1 Å². The SMILES string of the molecule is O=C(c1cc(-c2ccc([N+](=O)[O-])cc2)nn1-c1ccccc1Cl)N1CCN(Cc2ccccc2)CC1. The fraction of sp³-hybridized carbons (Fsp3) is 0.185. The molecular weight excluding hydrogens is 478 g/mol. The predicted molar refractivity (Wildman–Crippen MR) is 138 cm³/mol. The average Bonchev–Trinajstić information content (AvgIpc) is 3.35. The highest BCUT2D eigenvalue weighted by atomic mass is 35.5. The lowest BCUT2D eigenvalue weighted by molar-refractivity contribution is -0.384. The van der Waals surface area contributed by atoms with E-state index in [1.807, 2.05) is 41.3 Å². The van der Waals surface area contributed by atoms with Gasteiger partial charge in [0.25, 0.3) is 11.6 Å². The van der Waals surface area contributed by atoms with Gasteiger partial charge in [0.2, 0.25) is 0 Å². The first-order valence-electron chi connectivity index (χ1n) is 11.6. The minimum absolute atomic E-state index is 0.00559. The molecule has 4 aromatic rings. The second kappa shape index (κ2) is 10.3. The van der Waals surface area contributed by atoms with Gasteiger partial charge in [-0.3, -0.25) is 19.8 Å². The van der Waals surface area contributed by atoms with E-state index < -0.39 is 4.92 Å². The Labute approximate surface area is 213 Å². The molecule has 0 bridgehead atoms. The molecule has 1 aliphatic heterocycles. The summed E-state index contributed by atoms with van der Waals surface area (Å²) >= 11 is 6.46. The third-order valence-corrected chi connectivity index (χ3v) is 6.61. The molecule has 0 atom stereocenters. The molecule has 0 spiro atoms. The molecule has 1 saturated heterocycles. The molecule has 1 aromatic heterocycles. The summed E-state index contributed by atoms with van der Waals surface area (Å²) in [5, 5.41) is 16.2. The van der Waals surface area contributed by atoms with E-state index in [9.17, 15) is 14.9 Å². The van der Waals surface area contributed by atoms with Crippen LogP contribution in [0.4, 0.5) is 5.69 Å². The highest BCUT2D eigenvalue weighted by molar-refractivity contribution is 6.32. The number of carbonyl (C=O) groups is 1. The third kappa shape index (κ3) is 5.00. The summed E-state index contributed by atoms with van der Waals surface area (Å²) in [7, 11) is 0. The molecule has 3 aromatic carbocycles. The van der Waals surface area contributed by atoms with Gasteiger partial charge in [0.15, 0.2) is 0 Å². The van der Waals surface area contributed by atoms with Crippen LogP contribution in [0.25, 0.3) is 16.9 Å². The van der Waals surface area contributed by atoms with Gasteiger partial charge < -0.3 is 4.90 Å². The molecule has 1 fully saturated rings. The van der Waals surface area contributed by atoms with Crippen LogP contribution in [0, 0.1) is 10.1 Å². The molecule has 0 saturated carbocycles. The van der Waals surface area contributed by atoms with Gasteiger partial charge in [-0.2, -0.15) is 5.10 Å². The molecule has 36 heavy (non-hydrogen) atoms. The van der Waals surface area contributed by atoms with E-state index >= 15 is 0 Å². The Morgan fingerprint density at radius 1 is 0.917 bits per heavy atom. The van der Waals surface area contributed by atoms with Crippen molar-refractivity contribution < 1.29 is 9.72 Å². The first-order valence-corrected chi connectivity index (χ1v) is 12.0. The number of benzene rings is 3. The summed E-state index contributed by atoms with van der Waals surface area (Å²) < 4.78 is 1.57. The number of carbonyl (C=O) groups excluding carboxylic acids is 1. The zero-order valence-corrected chi connectivity index (χ0v) is 20.2. The standard InChI is InChI=1S/C27H24ClN5O3/c28-23-8-4-5-9-25(23)32-26(18-24(29-32)21-10-12-22(13-11-21)33(35)36)27(34)31-16-14-30(15-17-31)19-20-6-2-1-3-7-20/h1-13,18H,14-17,19H2. The van der Waals surface area contributed by atoms with Crippen molar-refractivity contribution in [1.82, 2.24) is 19.6 Å². The van der Waals surface area contributed by atoms with Gasteiger partial charge in [0, 0.05) is 50.4 Å². The second-order valence-corrected chi connectivity index (χ2v) is 9.04. The summed E-state index contributed by atoms with van der Waals surface area (Å²) in [5.41, 5.74) is 3.45. The number of nitrogens with zero attached hydrogens (tertiary/aromatic N) is 5. The topological polar surface area (TPSA) is 84.5 Å². The lowest BCUT2D eigenvalue weighted by Gasteiger charge is -2.34. The number of halogens is 1. The second-order valence-electron chi connectivity index (χ2n) is 8.64. The van der Waals surface area contributed by atoms with Crippen molar-refractivity contribution in [2.24, 2.45) is 0 Å². The zero-order chi connectivity index (χ0) is 25.1. The van der Waals surface area contributed by atoms with Crippen molar-refractivity contribution in [1.29, 1.82) is 0 Å². The van der Waals surface area contributed by atoms with Crippen molar-refractivity contribution in [3.8, 4) is 16.9 Å². The van der Waals surface area contributed by atoms with Gasteiger partial charge in [-0.05, 0) is 35.9 Å². The molecule has 8 nitrogen and oxygen atoms in total. The normalized spacial score (nSPS) is 14.1. The number of nitro benzene ring substituents is 1. The summed E-state index contributed by atoms with van der Waals surface area (Å²) in [6, 6.07) is 25.4. The maximum atomic E-state index is 13.7. The lowest BCUT2D eigenvalue weighted by atomic mass is 10.1. The molecule has 5 rings (SSSR count). The van der Waals surface area contributed by atoms with E-state index in [2.05, 4.69) is 22.1 Å². The van der Waals surface area contributed by atoms with Crippen LogP contribution in [-0.2, 0) is 6.54 Å². The first-order chi connectivity index (χ1) is 17.5. The average molecular weight is 502 g/mol. The number of rotatable bonds is 6. The van der Waals surface area contributed by atoms with Crippen LogP contribution >= 0.6 is 11.6 Å². The van der Waals surface area contributed by atoms with Crippen molar-refractivity contribution >= 4 is 23.2 Å². The Bertz CT molecular complexity index is 1380. The third-order valence-electron chi connectivity index (χ3n) is 6.29. The van der Waals surface area contributed by atoms with Crippen LogP contribution in [-0.4, -0.2) is 56.6 Å². The van der Waals surface area contributed by atoms with E-state index in [1.54, 1.807) is 28.9 Å². The number of non-ortho nitro benzene ring substituents is 1. The number of hydrogen-bond acceptors (Lipinski definition) is 5. The van der Waals surface area contributed by atoms with Gasteiger partial charge >= 0.3 is 0 Å². The number of piperazine rings is 1. The largest absolute Gasteiger partial charge is 0.335 e. The van der Waals surface area contributed by atoms with Crippen LogP contribution in [0.2, 0.25) is 5.02 Å². The maximum absolute atomic E-state index is 13.7. The highest BCUT2D eigenvalue weighted by Crippen LogP contribution is 2.28. The smallest absolute Gasteiger partial charge is 0.272 e. The van der Waals surface area contributed by atoms with E-state index in [-0.39, 0.29) is 11.6 Å². The van der Waals surface area contributed by atoms with Crippen LogP contribution in [0.3, 0.4) is 0 Å². The molecule has 0 radical (unpaired) electrons. The Hall–Kier alpha value is -4.01. The van der Waals surface area contributed by atoms with Crippen LogP contribution < -0.4 is 0 Å². The molecular formula is C27H24ClN5O3. The summed E-state index contributed by atoms with van der Waals surface area (Å²) in [5.74, 6) is -0.130. The first kappa shape index (κ1) is 23.7. The van der Waals surface area contributed by atoms with Crippen LogP contribution in [0.15, 0.2) is 84.9 Å². The number of hydrogen-bond donors (Lipinski definition) is 0. The Morgan fingerprint density at radius 2 is 1.58 bits per heavy atom. The van der Waals surface area contributed by atoms with E-state index in [0.717, 1.165) is 19.6 Å².